The van der Waals surface area contributed by atoms with Crippen molar-refractivity contribution in [1.29, 1.82) is 0 Å². The largest absolute Gasteiger partial charge is 0.475 e. The van der Waals surface area contributed by atoms with Gasteiger partial charge in [-0.15, -0.1) is 0 Å². The molecule has 1 aliphatic rings. The van der Waals surface area contributed by atoms with Crippen molar-refractivity contribution in [3.8, 4) is 0 Å². The number of nitrogens with two attached hydrogens (primary N) is 1. The van der Waals surface area contributed by atoms with E-state index in [1.807, 2.05) is 0 Å². The number of imidazole rings is 1. The molecule has 2 aromatic heterocycles. The van der Waals surface area contributed by atoms with E-state index in [-0.39, 0.29) is 46.4 Å². The molecule has 0 amide bonds. The Morgan fingerprint density at radius 1 is 1.02 bits per heavy atom. The molecule has 17 heteroatoms. The summed E-state index contributed by atoms with van der Waals surface area (Å²) in [5, 5.41) is 21.5. The molecule has 0 aromatic carbocycles. The van der Waals surface area contributed by atoms with E-state index in [0.717, 1.165) is 23.5 Å². The number of aliphatic hydroxyl groups is 2. The van der Waals surface area contributed by atoms with Gasteiger partial charge in [0.05, 0.1) is 25.6 Å². The van der Waals surface area contributed by atoms with Crippen molar-refractivity contribution in [2.45, 2.75) is 79.1 Å². The highest BCUT2D eigenvalue weighted by Crippen LogP contribution is 2.52. The molecule has 5 atom stereocenters. The van der Waals surface area contributed by atoms with Crippen LogP contribution in [0.5, 0.6) is 0 Å². The molecule has 14 nitrogen and oxygen atoms in total. The summed E-state index contributed by atoms with van der Waals surface area (Å²) in [6.07, 6.45) is -3.64. The van der Waals surface area contributed by atoms with Crippen molar-refractivity contribution in [3.05, 3.63) is 12.7 Å². The normalized spacial score (nSPS) is 22.5. The minimum absolute atomic E-state index is 0.0604. The Labute approximate surface area is 253 Å². The van der Waals surface area contributed by atoms with Gasteiger partial charge in [-0.1, -0.05) is 65.1 Å². The number of phosphoric ester groups is 1. The van der Waals surface area contributed by atoms with Gasteiger partial charge in [0.25, 0.3) is 0 Å². The highest BCUT2D eigenvalue weighted by molar-refractivity contribution is 8.14. The molecule has 1 unspecified atom stereocenters. The number of carbonyl (C=O) groups excluding carboxylic acids is 2. The second-order valence-corrected chi connectivity index (χ2v) is 15.5. The number of anilines is 1. The molecule has 0 saturated carbocycles. The number of hydrogen-bond acceptors (Lipinski definition) is 15. The molecule has 236 valence electrons. The van der Waals surface area contributed by atoms with Crippen molar-refractivity contribution < 1.29 is 42.7 Å². The summed E-state index contributed by atoms with van der Waals surface area (Å²) in [7, 11) is -4.28. The zero-order chi connectivity index (χ0) is 31.5. The van der Waals surface area contributed by atoms with Gasteiger partial charge in [-0.3, -0.25) is 27.7 Å². The minimum Gasteiger partial charge on any atom is -0.387 e. The number of rotatable bonds is 12. The molecule has 0 radical (unpaired) electrons. The standard InChI is InChI=1S/C25H40N5O9PS2/c1-14(18-16(31)17(32)21(38-18)30-13-29-15-19(26)27-12-28-20(15)30)39-40(35,36-8-10-41-22(33)24(2,3)4)37-9-11-42-23(34)25(5,6)7/h12-14,16-18,21,31-32H,8-11H2,1-7H3,(H2,26,27,28)/t14?,16-,17+,18+,21+/m0/s1. The maximum atomic E-state index is 13.7. The fraction of sp³-hybridized carbons (Fsp3) is 0.720. The van der Waals surface area contributed by atoms with Crippen molar-refractivity contribution in [2.24, 2.45) is 10.8 Å². The summed E-state index contributed by atoms with van der Waals surface area (Å²) < 4.78 is 37.8. The molecular weight excluding hydrogens is 609 g/mol. The SMILES string of the molecule is CC(OP(=O)(OCCSC(=O)C(C)(C)C)OCCSC(=O)C(C)(C)C)[C@H]1O[C@@H](n2cnc3c(N)ncnc32)[C@H](O)[C@@H]1O. The van der Waals surface area contributed by atoms with Crippen LogP contribution in [0.4, 0.5) is 5.82 Å². The minimum atomic E-state index is -4.28. The van der Waals surface area contributed by atoms with Gasteiger partial charge in [0, 0.05) is 22.3 Å². The third-order valence-electron chi connectivity index (χ3n) is 6.05. The molecule has 0 bridgehead atoms. The highest BCUT2D eigenvalue weighted by Gasteiger charge is 2.49. The zero-order valence-corrected chi connectivity index (χ0v) is 27.3. The molecule has 1 aliphatic heterocycles. The van der Waals surface area contributed by atoms with Crippen LogP contribution in [0.15, 0.2) is 12.7 Å². The van der Waals surface area contributed by atoms with Crippen molar-refractivity contribution in [3.63, 3.8) is 0 Å². The van der Waals surface area contributed by atoms with Gasteiger partial charge in [-0.2, -0.15) is 0 Å². The third kappa shape index (κ3) is 8.73. The van der Waals surface area contributed by atoms with Crippen LogP contribution in [0.3, 0.4) is 0 Å². The number of aromatic nitrogens is 4. The summed E-state index contributed by atoms with van der Waals surface area (Å²) in [5.74, 6) is 0.529. The highest BCUT2D eigenvalue weighted by atomic mass is 32.2. The monoisotopic (exact) mass is 649 g/mol. The summed E-state index contributed by atoms with van der Waals surface area (Å²) in [6.45, 7) is 12.0. The van der Waals surface area contributed by atoms with Gasteiger partial charge in [0.2, 0.25) is 0 Å². The number of carbonyl (C=O) groups is 2. The van der Waals surface area contributed by atoms with Crippen LogP contribution < -0.4 is 5.73 Å². The number of phosphoric acid groups is 1. The van der Waals surface area contributed by atoms with Crippen LogP contribution in [-0.2, 0) is 32.5 Å². The van der Waals surface area contributed by atoms with E-state index in [9.17, 15) is 24.4 Å². The van der Waals surface area contributed by atoms with E-state index in [0.29, 0.717) is 5.52 Å². The maximum absolute atomic E-state index is 13.7. The zero-order valence-electron chi connectivity index (χ0n) is 24.8. The fourth-order valence-electron chi connectivity index (χ4n) is 3.72. The van der Waals surface area contributed by atoms with E-state index in [1.54, 1.807) is 41.5 Å². The summed E-state index contributed by atoms with van der Waals surface area (Å²) in [6, 6.07) is 0. The van der Waals surface area contributed by atoms with E-state index in [2.05, 4.69) is 15.0 Å². The number of nitrogen functional groups attached to an aromatic ring is 1. The predicted octanol–water partition coefficient (Wildman–Crippen LogP) is 3.19. The van der Waals surface area contributed by atoms with Crippen molar-refractivity contribution in [1.82, 2.24) is 19.5 Å². The van der Waals surface area contributed by atoms with Gasteiger partial charge >= 0.3 is 7.82 Å². The Balaban J connectivity index is 1.69. The molecule has 1 fully saturated rings. The third-order valence-corrected chi connectivity index (χ3v) is 10.1. The first-order valence-corrected chi connectivity index (χ1v) is 16.7. The van der Waals surface area contributed by atoms with Crippen LogP contribution in [0.2, 0.25) is 0 Å². The topological polar surface area (TPSA) is 198 Å². The van der Waals surface area contributed by atoms with Crippen LogP contribution in [0.1, 0.15) is 54.7 Å². The van der Waals surface area contributed by atoms with Gasteiger partial charge in [-0.25, -0.2) is 19.5 Å². The number of fused-ring (bicyclic) bond motifs is 1. The molecule has 3 rings (SSSR count). The number of aliphatic hydroxyl groups excluding tert-OH is 2. The average Bonchev–Trinajstić information content (AvgIpc) is 3.45. The molecule has 1 saturated heterocycles. The molecule has 3 heterocycles. The van der Waals surface area contributed by atoms with Crippen molar-refractivity contribution in [2.75, 3.05) is 30.5 Å². The second kappa shape index (κ2) is 14.0. The second-order valence-electron chi connectivity index (χ2n) is 11.8. The maximum Gasteiger partial charge on any atom is 0.475 e. The Bertz CT molecular complexity index is 1260. The molecule has 2 aromatic rings. The number of hydrogen-bond donors (Lipinski definition) is 3. The molecule has 0 spiro atoms. The first kappa shape index (κ1) is 34.9. The predicted molar refractivity (Wildman–Crippen MR) is 160 cm³/mol. The molecule has 42 heavy (non-hydrogen) atoms. The molecule has 4 N–H and O–H groups in total. The first-order chi connectivity index (χ1) is 19.4. The first-order valence-electron chi connectivity index (χ1n) is 13.3. The van der Waals surface area contributed by atoms with Gasteiger partial charge < -0.3 is 20.7 Å². The molecular formula is C25H40N5O9PS2. The summed E-state index contributed by atoms with van der Waals surface area (Å²) in [4.78, 5) is 36.7. The number of nitrogens with zero attached hydrogens (tertiary/aromatic N) is 4. The number of ether oxygens (including phenoxy) is 1. The van der Waals surface area contributed by atoms with Crippen LogP contribution >= 0.6 is 31.3 Å². The summed E-state index contributed by atoms with van der Waals surface area (Å²) in [5.41, 5.74) is 5.32. The Morgan fingerprint density at radius 3 is 2.10 bits per heavy atom. The quantitative estimate of drug-likeness (QED) is 0.224. The Morgan fingerprint density at radius 2 is 1.57 bits per heavy atom. The van der Waals surface area contributed by atoms with Gasteiger partial charge in [0.15, 0.2) is 27.9 Å². The van der Waals surface area contributed by atoms with E-state index >= 15 is 0 Å². The van der Waals surface area contributed by atoms with Gasteiger partial charge in [0.1, 0.15) is 30.2 Å². The van der Waals surface area contributed by atoms with Crippen molar-refractivity contribution >= 4 is 58.6 Å². The lowest BCUT2D eigenvalue weighted by Crippen LogP contribution is -2.38. The Kier molecular flexibility index (Phi) is 11.6. The van der Waals surface area contributed by atoms with Crippen LogP contribution in [0, 0.1) is 10.8 Å². The fourth-order valence-corrected chi connectivity index (χ4v) is 6.89. The van der Waals surface area contributed by atoms with Gasteiger partial charge in [-0.05, 0) is 6.92 Å². The smallest absolute Gasteiger partial charge is 0.387 e. The van der Waals surface area contributed by atoms with E-state index in [4.69, 9.17) is 24.0 Å². The average molecular weight is 650 g/mol. The summed E-state index contributed by atoms with van der Waals surface area (Å²) >= 11 is 2.07. The lowest BCUT2D eigenvalue weighted by Gasteiger charge is -2.26. The van der Waals surface area contributed by atoms with Crippen LogP contribution in [0.25, 0.3) is 11.2 Å². The molecule has 0 aliphatic carbocycles. The number of thioether (sulfide) groups is 2. The van der Waals surface area contributed by atoms with E-state index in [1.165, 1.54) is 24.1 Å². The lowest BCUT2D eigenvalue weighted by atomic mass is 9.99. The Hall–Kier alpha value is -1.62. The van der Waals surface area contributed by atoms with E-state index < -0.39 is 49.3 Å². The van der Waals surface area contributed by atoms with Crippen LogP contribution in [-0.4, -0.2) is 89.1 Å². The lowest BCUT2D eigenvalue weighted by molar-refractivity contribution is -0.118.